The molecule has 1 atom stereocenters. The zero-order chi connectivity index (χ0) is 37.2. The van der Waals surface area contributed by atoms with Crippen molar-refractivity contribution in [2.45, 2.75) is 44.8 Å². The third-order valence-corrected chi connectivity index (χ3v) is 9.98. The predicted molar refractivity (Wildman–Crippen MR) is 211 cm³/mol. The van der Waals surface area contributed by atoms with Crippen molar-refractivity contribution in [3.05, 3.63) is 154 Å². The highest BCUT2D eigenvalue weighted by molar-refractivity contribution is 6.33. The molecule has 7 rings (SSSR count). The fourth-order valence-corrected chi connectivity index (χ4v) is 7.48. The maximum Gasteiger partial charge on any atom is 0.410 e. The van der Waals surface area contributed by atoms with E-state index in [0.29, 0.717) is 46.9 Å². The highest BCUT2D eigenvalue weighted by Gasteiger charge is 2.41. The van der Waals surface area contributed by atoms with Crippen molar-refractivity contribution in [3.8, 4) is 11.1 Å². The van der Waals surface area contributed by atoms with Gasteiger partial charge in [0.2, 0.25) is 5.91 Å². The van der Waals surface area contributed by atoms with E-state index in [2.05, 4.69) is 41.7 Å². The average molecular weight is 727 g/mol. The Kier molecular flexibility index (Phi) is 9.96. The second kappa shape index (κ2) is 14.8. The normalized spacial score (nSPS) is 14.9. The van der Waals surface area contributed by atoms with Crippen LogP contribution >= 0.6 is 11.6 Å². The molecule has 2 amide bonds. The molecule has 1 aliphatic heterocycles. The topological polar surface area (TPSA) is 112 Å². The summed E-state index contributed by atoms with van der Waals surface area (Å²) in [6.45, 7) is 6.24. The highest BCUT2D eigenvalue weighted by Crippen LogP contribution is 2.44. The van der Waals surface area contributed by atoms with Crippen molar-refractivity contribution >= 4 is 46.0 Å². The van der Waals surface area contributed by atoms with Crippen molar-refractivity contribution in [2.24, 2.45) is 5.92 Å². The molecule has 0 aliphatic carbocycles. The number of piperidine rings is 1. The monoisotopic (exact) mass is 726 g/mol. The smallest absolute Gasteiger partial charge is 0.410 e. The molecule has 9 nitrogen and oxygen atoms in total. The molecule has 1 aromatic heterocycles. The van der Waals surface area contributed by atoms with Gasteiger partial charge in [-0.05, 0) is 86.2 Å². The number of anilines is 2. The largest absolute Gasteiger partial charge is 0.761 e. The summed E-state index contributed by atoms with van der Waals surface area (Å²) in [4.78, 5) is 28.8. The van der Waals surface area contributed by atoms with Crippen LogP contribution in [0.25, 0.3) is 22.0 Å². The average Bonchev–Trinajstić information content (AvgIpc) is 3.53. The van der Waals surface area contributed by atoms with Crippen LogP contribution in [-0.2, 0) is 15.1 Å². The lowest BCUT2D eigenvalue weighted by Crippen LogP contribution is -2.45. The summed E-state index contributed by atoms with van der Waals surface area (Å²) in [5.41, 5.74) is 5.79. The van der Waals surface area contributed by atoms with E-state index in [9.17, 15) is 14.8 Å². The highest BCUT2D eigenvalue weighted by atomic mass is 35.5. The van der Waals surface area contributed by atoms with Gasteiger partial charge in [-0.15, -0.1) is 0 Å². The van der Waals surface area contributed by atoms with E-state index in [-0.39, 0.29) is 12.5 Å². The summed E-state index contributed by atoms with van der Waals surface area (Å²) < 4.78 is 7.63. The Morgan fingerprint density at radius 3 is 2.00 bits per heavy atom. The number of nitrogens with one attached hydrogen (secondary N) is 2. The number of hydrogen-bond acceptors (Lipinski definition) is 6. The first-order chi connectivity index (χ1) is 25.6. The van der Waals surface area contributed by atoms with Crippen LogP contribution in [0.15, 0.2) is 127 Å². The fraction of sp³-hybridized carbons (Fsp3) is 0.233. The number of amides is 2. The summed E-state index contributed by atoms with van der Waals surface area (Å²) in [6.07, 6.45) is 0.847. The van der Waals surface area contributed by atoms with E-state index in [4.69, 9.17) is 21.4 Å². The molecule has 2 heterocycles. The van der Waals surface area contributed by atoms with Crippen LogP contribution in [0.2, 0.25) is 5.02 Å². The molecule has 10 heteroatoms. The molecule has 270 valence electrons. The van der Waals surface area contributed by atoms with Crippen LogP contribution in [0.5, 0.6) is 0 Å². The Morgan fingerprint density at radius 2 is 1.43 bits per heavy atom. The van der Waals surface area contributed by atoms with Crippen molar-refractivity contribution in [1.82, 2.24) is 14.7 Å². The Bertz CT molecular complexity index is 2140. The molecule has 1 saturated heterocycles. The number of carbonyl (C=O) groups excluding carboxylic acids is 2. The van der Waals surface area contributed by atoms with Gasteiger partial charge in [0.25, 0.3) is 0 Å². The molecular formula is C43H41ClN5O4-. The van der Waals surface area contributed by atoms with Gasteiger partial charge in [-0.25, -0.2) is 9.48 Å². The van der Waals surface area contributed by atoms with E-state index in [1.807, 2.05) is 104 Å². The van der Waals surface area contributed by atoms with Crippen molar-refractivity contribution in [1.29, 1.82) is 0 Å². The number of halogens is 1. The number of hydrogen-bond donors (Lipinski definition) is 2. The number of rotatable bonds is 8. The number of carbonyl (C=O) groups is 2. The molecule has 53 heavy (non-hydrogen) atoms. The Balaban J connectivity index is 1.42. The van der Waals surface area contributed by atoms with Gasteiger partial charge >= 0.3 is 6.09 Å². The first kappa shape index (κ1) is 35.7. The molecule has 0 bridgehead atoms. The number of fused-ring (bicyclic) bond motifs is 1. The van der Waals surface area contributed by atoms with Crippen LogP contribution < -0.4 is 10.8 Å². The lowest BCUT2D eigenvalue weighted by Gasteiger charge is -2.37. The zero-order valence-corrected chi connectivity index (χ0v) is 30.6. The third-order valence-electron chi connectivity index (χ3n) is 9.65. The van der Waals surface area contributed by atoms with E-state index in [1.165, 1.54) is 0 Å². The molecular weight excluding hydrogens is 686 g/mol. The Hall–Kier alpha value is -5.64. The molecule has 1 aliphatic rings. The minimum absolute atomic E-state index is 0.233. The van der Waals surface area contributed by atoms with Crippen LogP contribution in [-0.4, -0.2) is 45.4 Å². The van der Waals surface area contributed by atoms with Crippen LogP contribution in [0, 0.1) is 11.1 Å². The molecule has 0 saturated carbocycles. The number of benzene rings is 5. The second-order valence-electron chi connectivity index (χ2n) is 14.4. The van der Waals surface area contributed by atoms with Crippen molar-refractivity contribution in [2.75, 3.05) is 23.9 Å². The van der Waals surface area contributed by atoms with E-state index in [0.717, 1.165) is 27.8 Å². The SMILES string of the molecule is CC(C)(C)OC(=O)N1CCC[C@@H](C(=O)Nc2nn(C(c3ccccc3)(c3ccccc3)c3ccccc3)c3ccc(-c4cc(N[O-])ccc4Cl)cc23)C1. The van der Waals surface area contributed by atoms with E-state index >= 15 is 0 Å². The van der Waals surface area contributed by atoms with E-state index in [1.54, 1.807) is 23.1 Å². The maximum atomic E-state index is 14.2. The summed E-state index contributed by atoms with van der Waals surface area (Å²) in [7, 11) is 0. The van der Waals surface area contributed by atoms with Crippen molar-refractivity contribution < 1.29 is 14.3 Å². The molecule has 5 aromatic carbocycles. The summed E-state index contributed by atoms with van der Waals surface area (Å²) >= 11 is 6.70. The van der Waals surface area contributed by atoms with Gasteiger partial charge < -0.3 is 25.6 Å². The van der Waals surface area contributed by atoms with Gasteiger partial charge in [-0.3, -0.25) is 4.79 Å². The van der Waals surface area contributed by atoms with Crippen LogP contribution in [0.3, 0.4) is 0 Å². The minimum atomic E-state index is -0.963. The number of likely N-dealkylation sites (tertiary alicyclic amines) is 1. The second-order valence-corrected chi connectivity index (χ2v) is 14.8. The number of nitrogens with zero attached hydrogens (tertiary/aromatic N) is 3. The van der Waals surface area contributed by atoms with Crippen LogP contribution in [0.1, 0.15) is 50.3 Å². The Morgan fingerprint density at radius 1 is 0.830 bits per heavy atom. The minimum Gasteiger partial charge on any atom is -0.761 e. The molecule has 2 N–H and O–H groups in total. The van der Waals surface area contributed by atoms with Gasteiger partial charge in [0, 0.05) is 34.7 Å². The number of ether oxygens (including phenoxy) is 1. The third kappa shape index (κ3) is 7.10. The summed E-state index contributed by atoms with van der Waals surface area (Å²) in [5, 5.41) is 21.3. The van der Waals surface area contributed by atoms with Gasteiger partial charge in [-0.2, -0.15) is 5.10 Å². The molecule has 0 unspecified atom stereocenters. The molecule has 0 spiro atoms. The first-order valence-electron chi connectivity index (χ1n) is 17.7. The quantitative estimate of drug-likeness (QED) is 0.119. The lowest BCUT2D eigenvalue weighted by molar-refractivity contribution is -0.121. The zero-order valence-electron chi connectivity index (χ0n) is 29.9. The standard InChI is InChI=1S/C43H41ClN5O4/c1-42(2,3)53-41(51)48-25-13-14-30(28-48)40(50)45-39-36-26-29(35-27-34(47-52)22-23-37(35)44)21-24-38(36)49(46-39)43(31-15-7-4-8-16-31,32-17-9-5-10-18-32)33-19-11-6-12-20-33/h4-12,15-24,26-27,30,47H,13-14,25,28H2,1-3H3,(H,45,46,50)/q-1/t30-/m1/s1. The number of aromatic nitrogens is 2. The Labute approximate surface area is 314 Å². The molecule has 0 radical (unpaired) electrons. The molecule has 6 aromatic rings. The van der Waals surface area contributed by atoms with Crippen LogP contribution in [0.4, 0.5) is 16.3 Å². The van der Waals surface area contributed by atoms with E-state index < -0.39 is 23.2 Å². The maximum absolute atomic E-state index is 14.2. The van der Waals surface area contributed by atoms with Gasteiger partial charge in [-0.1, -0.05) is 109 Å². The summed E-state index contributed by atoms with van der Waals surface area (Å²) in [5.74, 6) is -0.353. The van der Waals surface area contributed by atoms with Gasteiger partial charge in [0.1, 0.15) is 11.1 Å². The van der Waals surface area contributed by atoms with Gasteiger partial charge in [0.05, 0.1) is 11.4 Å². The molecule has 1 fully saturated rings. The van der Waals surface area contributed by atoms with Gasteiger partial charge in [0.15, 0.2) is 5.82 Å². The lowest BCUT2D eigenvalue weighted by atomic mass is 9.77. The fourth-order valence-electron chi connectivity index (χ4n) is 7.25. The summed E-state index contributed by atoms with van der Waals surface area (Å²) in [6, 6.07) is 41.5. The first-order valence-corrected chi connectivity index (χ1v) is 18.1. The predicted octanol–water partition coefficient (Wildman–Crippen LogP) is 9.69. The van der Waals surface area contributed by atoms with Crippen molar-refractivity contribution in [3.63, 3.8) is 0 Å².